The molecule has 22 heavy (non-hydrogen) atoms. The van der Waals surface area contributed by atoms with Crippen LogP contribution in [0.2, 0.25) is 0 Å². The van der Waals surface area contributed by atoms with Crippen molar-refractivity contribution in [2.75, 3.05) is 13.7 Å². The van der Waals surface area contributed by atoms with Crippen molar-refractivity contribution in [3.05, 3.63) is 29.6 Å². The molecule has 1 aromatic carbocycles. The maximum Gasteiger partial charge on any atom is 0.242 e. The van der Waals surface area contributed by atoms with Gasteiger partial charge in [-0.05, 0) is 37.0 Å². The van der Waals surface area contributed by atoms with Crippen LogP contribution in [0.15, 0.2) is 18.2 Å². The molecular formula is C16H21FN2O3. The predicted molar refractivity (Wildman–Crippen MR) is 80.1 cm³/mol. The van der Waals surface area contributed by atoms with Crippen LogP contribution in [-0.4, -0.2) is 31.5 Å². The van der Waals surface area contributed by atoms with Gasteiger partial charge in [-0.2, -0.15) is 0 Å². The molecule has 0 spiro atoms. The van der Waals surface area contributed by atoms with Gasteiger partial charge in [-0.3, -0.25) is 9.59 Å². The minimum Gasteiger partial charge on any atom is -0.494 e. The Hall–Kier alpha value is -2.11. The fourth-order valence-corrected chi connectivity index (χ4v) is 2.49. The van der Waals surface area contributed by atoms with Crippen LogP contribution in [0.25, 0.3) is 0 Å². The van der Waals surface area contributed by atoms with Crippen molar-refractivity contribution in [3.8, 4) is 5.75 Å². The lowest BCUT2D eigenvalue weighted by Gasteiger charge is -2.15. The van der Waals surface area contributed by atoms with Crippen LogP contribution in [-0.2, 0) is 16.0 Å². The van der Waals surface area contributed by atoms with Crippen LogP contribution in [0, 0.1) is 5.82 Å². The van der Waals surface area contributed by atoms with Gasteiger partial charge < -0.3 is 15.4 Å². The molecule has 120 valence electrons. The molecule has 1 aliphatic rings. The van der Waals surface area contributed by atoms with Gasteiger partial charge in [-0.1, -0.05) is 12.5 Å². The standard InChI is InChI=1S/C16H21FN2O3/c1-22-14-7-6-11(10-12(14)17)8-9-18-16(21)13-4-2-3-5-15(20)19-13/h6-7,10,13H,2-5,8-9H2,1H3,(H,18,21)(H,19,20)/t13-/m0/s1. The SMILES string of the molecule is COc1ccc(CCNC(=O)[C@@H]2CCCCC(=O)N2)cc1F. The van der Waals surface area contributed by atoms with Crippen molar-refractivity contribution in [2.45, 2.75) is 38.1 Å². The quantitative estimate of drug-likeness (QED) is 0.867. The highest BCUT2D eigenvalue weighted by Crippen LogP contribution is 2.17. The van der Waals surface area contributed by atoms with E-state index in [9.17, 15) is 14.0 Å². The monoisotopic (exact) mass is 308 g/mol. The van der Waals surface area contributed by atoms with E-state index >= 15 is 0 Å². The molecule has 0 aromatic heterocycles. The fraction of sp³-hybridized carbons (Fsp3) is 0.500. The number of rotatable bonds is 5. The molecule has 1 heterocycles. The van der Waals surface area contributed by atoms with Gasteiger partial charge in [0.2, 0.25) is 11.8 Å². The number of carbonyl (C=O) groups excluding carboxylic acids is 2. The molecule has 2 amide bonds. The summed E-state index contributed by atoms with van der Waals surface area (Å²) in [5, 5.41) is 5.51. The van der Waals surface area contributed by atoms with Gasteiger partial charge in [0.15, 0.2) is 11.6 Å². The average molecular weight is 308 g/mol. The maximum atomic E-state index is 13.6. The van der Waals surface area contributed by atoms with Crippen molar-refractivity contribution in [1.29, 1.82) is 0 Å². The lowest BCUT2D eigenvalue weighted by atomic mass is 10.1. The zero-order valence-corrected chi connectivity index (χ0v) is 12.7. The Bertz CT molecular complexity index is 548. The van der Waals surface area contributed by atoms with Crippen LogP contribution >= 0.6 is 0 Å². The number of nitrogens with one attached hydrogen (secondary N) is 2. The van der Waals surface area contributed by atoms with Crippen LogP contribution < -0.4 is 15.4 Å². The van der Waals surface area contributed by atoms with E-state index in [1.54, 1.807) is 12.1 Å². The van der Waals surface area contributed by atoms with Crippen LogP contribution in [0.5, 0.6) is 5.75 Å². The number of ether oxygens (including phenoxy) is 1. The summed E-state index contributed by atoms with van der Waals surface area (Å²) >= 11 is 0. The van der Waals surface area contributed by atoms with Gasteiger partial charge in [0.25, 0.3) is 0 Å². The van der Waals surface area contributed by atoms with Crippen LogP contribution in [0.1, 0.15) is 31.2 Å². The maximum absolute atomic E-state index is 13.6. The van der Waals surface area contributed by atoms with Gasteiger partial charge in [0.05, 0.1) is 7.11 Å². The molecule has 0 saturated carbocycles. The first-order valence-electron chi connectivity index (χ1n) is 7.49. The molecular weight excluding hydrogens is 287 g/mol. The van der Waals surface area contributed by atoms with Gasteiger partial charge in [-0.15, -0.1) is 0 Å². The average Bonchev–Trinajstić information content (AvgIpc) is 2.72. The van der Waals surface area contributed by atoms with Gasteiger partial charge in [-0.25, -0.2) is 4.39 Å². The first-order valence-corrected chi connectivity index (χ1v) is 7.49. The van der Waals surface area contributed by atoms with Crippen molar-refractivity contribution >= 4 is 11.8 Å². The van der Waals surface area contributed by atoms with Crippen molar-refractivity contribution < 1.29 is 18.7 Å². The second-order valence-electron chi connectivity index (χ2n) is 5.38. The number of halogens is 1. The van der Waals surface area contributed by atoms with E-state index in [-0.39, 0.29) is 17.6 Å². The number of hydrogen-bond acceptors (Lipinski definition) is 3. The van der Waals surface area contributed by atoms with E-state index < -0.39 is 11.9 Å². The third-order valence-electron chi connectivity index (χ3n) is 3.73. The highest BCUT2D eigenvalue weighted by atomic mass is 19.1. The lowest BCUT2D eigenvalue weighted by Crippen LogP contribution is -2.46. The zero-order chi connectivity index (χ0) is 15.9. The number of amides is 2. The number of hydrogen-bond donors (Lipinski definition) is 2. The molecule has 0 bridgehead atoms. The Labute approximate surface area is 129 Å². The normalized spacial score (nSPS) is 18.3. The molecule has 1 saturated heterocycles. The fourth-order valence-electron chi connectivity index (χ4n) is 2.49. The Balaban J connectivity index is 1.81. The third kappa shape index (κ3) is 4.44. The topological polar surface area (TPSA) is 67.4 Å². The predicted octanol–water partition coefficient (Wildman–Crippen LogP) is 1.55. The zero-order valence-electron chi connectivity index (χ0n) is 12.7. The molecule has 1 aliphatic heterocycles. The molecule has 6 heteroatoms. The molecule has 2 N–H and O–H groups in total. The van der Waals surface area contributed by atoms with Gasteiger partial charge in [0.1, 0.15) is 6.04 Å². The Morgan fingerprint density at radius 3 is 3.00 bits per heavy atom. The summed E-state index contributed by atoms with van der Waals surface area (Å²) in [5.74, 6) is -0.463. The molecule has 5 nitrogen and oxygen atoms in total. The number of carbonyl (C=O) groups is 2. The highest BCUT2D eigenvalue weighted by Gasteiger charge is 2.22. The number of methoxy groups -OCH3 is 1. The molecule has 1 atom stereocenters. The van der Waals surface area contributed by atoms with E-state index in [0.717, 1.165) is 18.4 Å². The second-order valence-corrected chi connectivity index (χ2v) is 5.38. The molecule has 2 rings (SSSR count). The second kappa shape index (κ2) is 7.77. The van der Waals surface area contributed by atoms with E-state index in [2.05, 4.69) is 10.6 Å². The first kappa shape index (κ1) is 16.3. The molecule has 1 fully saturated rings. The molecule has 0 unspecified atom stereocenters. The minimum atomic E-state index is -0.456. The smallest absolute Gasteiger partial charge is 0.242 e. The molecule has 0 aliphatic carbocycles. The molecule has 1 aromatic rings. The van der Waals surface area contributed by atoms with Crippen molar-refractivity contribution in [3.63, 3.8) is 0 Å². The summed E-state index contributed by atoms with van der Waals surface area (Å²) in [5.41, 5.74) is 0.781. The number of benzene rings is 1. The Morgan fingerprint density at radius 1 is 1.45 bits per heavy atom. The van der Waals surface area contributed by atoms with E-state index in [1.165, 1.54) is 13.2 Å². The Kier molecular flexibility index (Phi) is 5.75. The summed E-state index contributed by atoms with van der Waals surface area (Å²) in [6.45, 7) is 0.400. The summed E-state index contributed by atoms with van der Waals surface area (Å²) in [6, 6.07) is 4.28. The third-order valence-corrected chi connectivity index (χ3v) is 3.73. The molecule has 0 radical (unpaired) electrons. The van der Waals surface area contributed by atoms with E-state index in [0.29, 0.717) is 25.8 Å². The summed E-state index contributed by atoms with van der Waals surface area (Å²) < 4.78 is 18.4. The van der Waals surface area contributed by atoms with E-state index in [1.807, 2.05) is 0 Å². The lowest BCUT2D eigenvalue weighted by molar-refractivity contribution is -0.128. The Morgan fingerprint density at radius 2 is 2.27 bits per heavy atom. The summed E-state index contributed by atoms with van der Waals surface area (Å²) in [4.78, 5) is 23.5. The van der Waals surface area contributed by atoms with Crippen LogP contribution in [0.3, 0.4) is 0 Å². The van der Waals surface area contributed by atoms with E-state index in [4.69, 9.17) is 4.74 Å². The largest absolute Gasteiger partial charge is 0.494 e. The highest BCUT2D eigenvalue weighted by molar-refractivity contribution is 5.87. The van der Waals surface area contributed by atoms with Crippen molar-refractivity contribution in [1.82, 2.24) is 10.6 Å². The van der Waals surface area contributed by atoms with Crippen LogP contribution in [0.4, 0.5) is 4.39 Å². The summed E-state index contributed by atoms with van der Waals surface area (Å²) in [6.07, 6.45) is 3.35. The van der Waals surface area contributed by atoms with Gasteiger partial charge in [0, 0.05) is 13.0 Å². The minimum absolute atomic E-state index is 0.0742. The summed E-state index contributed by atoms with van der Waals surface area (Å²) in [7, 11) is 1.42. The van der Waals surface area contributed by atoms with Crippen molar-refractivity contribution in [2.24, 2.45) is 0 Å². The first-order chi connectivity index (χ1) is 10.6. The van der Waals surface area contributed by atoms with Gasteiger partial charge >= 0.3 is 0 Å².